The molecule has 0 spiro atoms. The molecule has 0 bridgehead atoms. The number of fused-ring (bicyclic) bond motifs is 5. The molecule has 4 saturated carbocycles. The van der Waals surface area contributed by atoms with Crippen molar-refractivity contribution in [1.82, 2.24) is 0 Å². The number of allylic oxidation sites excluding steroid dienone is 1. The van der Waals surface area contributed by atoms with Gasteiger partial charge in [-0.05, 0) is 122 Å². The van der Waals surface area contributed by atoms with E-state index >= 15 is 0 Å². The molecule has 0 aromatic rings. The summed E-state index contributed by atoms with van der Waals surface area (Å²) in [6.07, 6.45) is 14.4. The van der Waals surface area contributed by atoms with Crippen molar-refractivity contribution in [2.24, 2.45) is 64.1 Å². The van der Waals surface area contributed by atoms with Gasteiger partial charge in [0, 0.05) is 0 Å². The van der Waals surface area contributed by atoms with Crippen molar-refractivity contribution < 1.29 is 5.11 Å². The van der Waals surface area contributed by atoms with Crippen LogP contribution in [0.1, 0.15) is 99.3 Å². The van der Waals surface area contributed by atoms with Gasteiger partial charge in [-0.25, -0.2) is 0 Å². The van der Waals surface area contributed by atoms with Crippen molar-refractivity contribution in [3.8, 4) is 0 Å². The largest absolute Gasteiger partial charge is 0.393 e. The first-order valence-corrected chi connectivity index (χ1v) is 13.5. The second-order valence-electron chi connectivity index (χ2n) is 13.4. The van der Waals surface area contributed by atoms with E-state index in [9.17, 15) is 5.11 Å². The Labute approximate surface area is 186 Å². The zero-order valence-electron chi connectivity index (χ0n) is 20.7. The molecule has 0 aromatic heterocycles. The summed E-state index contributed by atoms with van der Waals surface area (Å²) in [5.74, 6) is 8.39. The Balaban J connectivity index is 1.34. The third kappa shape index (κ3) is 3.11. The average molecular weight is 413 g/mol. The standard InChI is InChI=1S/C29H48O/c1-17(2)18(3)23-16-24(23)19(4)25-9-10-26-22-8-7-20-15-21(30)11-13-28(20,5)27(22)12-14-29(25,26)6/h7,17-19,21-27,30H,8-16H2,1-6H3/t18-,19+,21-,22?,23-,24-,25+,26?,27?,28-,29+/m0/s1. The predicted octanol–water partition coefficient (Wildman–Crippen LogP) is 7.49. The lowest BCUT2D eigenvalue weighted by molar-refractivity contribution is -0.0586. The minimum absolute atomic E-state index is 0.0776. The second kappa shape index (κ2) is 7.36. The molecule has 5 aliphatic carbocycles. The molecule has 0 aliphatic heterocycles. The van der Waals surface area contributed by atoms with E-state index in [4.69, 9.17) is 0 Å². The molecule has 0 aromatic carbocycles. The Morgan fingerprint density at radius 2 is 1.70 bits per heavy atom. The molecule has 4 fully saturated rings. The molecular weight excluding hydrogens is 364 g/mol. The minimum atomic E-state index is -0.0776. The van der Waals surface area contributed by atoms with Crippen LogP contribution < -0.4 is 0 Å². The molecule has 1 N–H and O–H groups in total. The Morgan fingerprint density at radius 1 is 0.933 bits per heavy atom. The van der Waals surface area contributed by atoms with Crippen molar-refractivity contribution in [2.45, 2.75) is 105 Å². The van der Waals surface area contributed by atoms with E-state index in [1.165, 1.54) is 44.9 Å². The maximum absolute atomic E-state index is 10.3. The Kier molecular flexibility index (Phi) is 5.28. The molecule has 0 radical (unpaired) electrons. The molecule has 11 atom stereocenters. The van der Waals surface area contributed by atoms with E-state index < -0.39 is 0 Å². The van der Waals surface area contributed by atoms with Crippen LogP contribution in [0.5, 0.6) is 0 Å². The fraction of sp³-hybridized carbons (Fsp3) is 0.931. The zero-order chi connectivity index (χ0) is 21.4. The summed E-state index contributed by atoms with van der Waals surface area (Å²) in [6, 6.07) is 0. The number of aliphatic hydroxyl groups is 1. The summed E-state index contributed by atoms with van der Waals surface area (Å²) in [6.45, 7) is 15.3. The van der Waals surface area contributed by atoms with Crippen molar-refractivity contribution in [3.63, 3.8) is 0 Å². The zero-order valence-corrected chi connectivity index (χ0v) is 20.7. The van der Waals surface area contributed by atoms with Crippen LogP contribution in [0.3, 0.4) is 0 Å². The lowest BCUT2D eigenvalue weighted by atomic mass is 9.47. The summed E-state index contributed by atoms with van der Waals surface area (Å²) in [7, 11) is 0. The highest BCUT2D eigenvalue weighted by molar-refractivity contribution is 5.25. The maximum atomic E-state index is 10.3. The SMILES string of the molecule is CC(C)[C@H](C)[C@@H]1C[C@H]1[C@@H](C)[C@H]1CCC2C3CC=C4C[C@@H](O)CC[C@]4(C)C3CC[C@@]21C. The highest BCUT2D eigenvalue weighted by atomic mass is 16.3. The van der Waals surface area contributed by atoms with Gasteiger partial charge in [0.05, 0.1) is 6.10 Å². The van der Waals surface area contributed by atoms with Gasteiger partial charge in [0.2, 0.25) is 0 Å². The van der Waals surface area contributed by atoms with Crippen LogP contribution in [0, 0.1) is 64.1 Å². The van der Waals surface area contributed by atoms with Gasteiger partial charge in [-0.1, -0.05) is 53.2 Å². The van der Waals surface area contributed by atoms with E-state index in [0.717, 1.165) is 66.1 Å². The molecule has 3 unspecified atom stereocenters. The fourth-order valence-electron chi connectivity index (χ4n) is 9.78. The summed E-state index contributed by atoms with van der Waals surface area (Å²) in [5.41, 5.74) is 2.60. The number of hydrogen-bond acceptors (Lipinski definition) is 1. The van der Waals surface area contributed by atoms with E-state index in [1.54, 1.807) is 5.57 Å². The number of hydrogen-bond donors (Lipinski definition) is 1. The van der Waals surface area contributed by atoms with Crippen LogP contribution >= 0.6 is 0 Å². The first-order chi connectivity index (χ1) is 14.2. The number of rotatable bonds is 4. The molecule has 0 amide bonds. The quantitative estimate of drug-likeness (QED) is 0.474. The molecule has 5 rings (SSSR count). The van der Waals surface area contributed by atoms with Crippen LogP contribution in [0.25, 0.3) is 0 Å². The Bertz CT molecular complexity index is 692. The first-order valence-electron chi connectivity index (χ1n) is 13.5. The maximum Gasteiger partial charge on any atom is 0.0577 e. The summed E-state index contributed by atoms with van der Waals surface area (Å²) in [5, 5.41) is 10.3. The molecule has 1 nitrogen and oxygen atoms in total. The normalized spacial score (nSPS) is 52.1. The van der Waals surface area contributed by atoms with Crippen molar-refractivity contribution in [2.75, 3.05) is 0 Å². The van der Waals surface area contributed by atoms with Gasteiger partial charge < -0.3 is 5.11 Å². The van der Waals surface area contributed by atoms with Crippen molar-refractivity contribution in [1.29, 1.82) is 0 Å². The summed E-state index contributed by atoms with van der Waals surface area (Å²) in [4.78, 5) is 0. The van der Waals surface area contributed by atoms with E-state index in [2.05, 4.69) is 47.6 Å². The van der Waals surface area contributed by atoms with Crippen LogP contribution in [-0.4, -0.2) is 11.2 Å². The van der Waals surface area contributed by atoms with Gasteiger partial charge in [-0.2, -0.15) is 0 Å². The van der Waals surface area contributed by atoms with Crippen LogP contribution in [-0.2, 0) is 0 Å². The van der Waals surface area contributed by atoms with Gasteiger partial charge in [0.1, 0.15) is 0 Å². The predicted molar refractivity (Wildman–Crippen MR) is 126 cm³/mol. The van der Waals surface area contributed by atoms with Gasteiger partial charge in [-0.3, -0.25) is 0 Å². The summed E-state index contributed by atoms with van der Waals surface area (Å²) >= 11 is 0. The van der Waals surface area contributed by atoms with Crippen molar-refractivity contribution in [3.05, 3.63) is 11.6 Å². The summed E-state index contributed by atoms with van der Waals surface area (Å²) < 4.78 is 0. The van der Waals surface area contributed by atoms with Gasteiger partial charge >= 0.3 is 0 Å². The fourth-order valence-corrected chi connectivity index (χ4v) is 9.78. The third-order valence-corrected chi connectivity index (χ3v) is 12.1. The number of aliphatic hydroxyl groups excluding tert-OH is 1. The smallest absolute Gasteiger partial charge is 0.0577 e. The van der Waals surface area contributed by atoms with Crippen LogP contribution in [0.2, 0.25) is 0 Å². The third-order valence-electron chi connectivity index (χ3n) is 12.1. The lowest BCUT2D eigenvalue weighted by Gasteiger charge is -2.58. The Hall–Kier alpha value is -0.300. The van der Waals surface area contributed by atoms with Gasteiger partial charge in [0.15, 0.2) is 0 Å². The minimum Gasteiger partial charge on any atom is -0.393 e. The first kappa shape index (κ1) is 21.5. The molecule has 0 saturated heterocycles. The van der Waals surface area contributed by atoms with Crippen LogP contribution in [0.4, 0.5) is 0 Å². The van der Waals surface area contributed by atoms with Crippen LogP contribution in [0.15, 0.2) is 11.6 Å². The lowest BCUT2D eigenvalue weighted by Crippen LogP contribution is -2.51. The highest BCUT2D eigenvalue weighted by Crippen LogP contribution is 2.69. The molecule has 170 valence electrons. The molecule has 5 aliphatic rings. The average Bonchev–Trinajstić information content (AvgIpc) is 3.42. The van der Waals surface area contributed by atoms with E-state index in [0.29, 0.717) is 10.8 Å². The highest BCUT2D eigenvalue weighted by Gasteiger charge is 2.61. The second-order valence-corrected chi connectivity index (χ2v) is 13.4. The monoisotopic (exact) mass is 412 g/mol. The van der Waals surface area contributed by atoms with Crippen molar-refractivity contribution >= 4 is 0 Å². The molecule has 0 heterocycles. The van der Waals surface area contributed by atoms with Gasteiger partial charge in [0.25, 0.3) is 0 Å². The van der Waals surface area contributed by atoms with E-state index in [-0.39, 0.29) is 6.10 Å². The van der Waals surface area contributed by atoms with E-state index in [1.807, 2.05) is 0 Å². The molecule has 30 heavy (non-hydrogen) atoms. The molecular formula is C29H48O. The van der Waals surface area contributed by atoms with Gasteiger partial charge in [-0.15, -0.1) is 0 Å². The molecule has 1 heteroatoms. The topological polar surface area (TPSA) is 20.2 Å². The Morgan fingerprint density at radius 3 is 2.43 bits per heavy atom.